The zero-order valence-electron chi connectivity index (χ0n) is 9.02. The monoisotopic (exact) mass is 183 g/mol. The Morgan fingerprint density at radius 2 is 2.15 bits per heavy atom. The van der Waals surface area contributed by atoms with Crippen LogP contribution in [-0.4, -0.2) is 12.4 Å². The van der Waals surface area contributed by atoms with E-state index in [1.165, 1.54) is 0 Å². The average molecular weight is 183 g/mol. The zero-order chi connectivity index (χ0) is 10.1. The van der Waals surface area contributed by atoms with E-state index in [1.807, 2.05) is 13.8 Å². The molecule has 1 unspecified atom stereocenters. The third-order valence-corrected chi connectivity index (χ3v) is 2.84. The number of carbonyl (C=O) groups is 1. The summed E-state index contributed by atoms with van der Waals surface area (Å²) in [6.07, 6.45) is 2.60. The number of carbonyl (C=O) groups excluding carboxylic acids is 1. The van der Waals surface area contributed by atoms with Crippen LogP contribution in [0.2, 0.25) is 0 Å². The molecular weight excluding hydrogens is 164 g/mol. The molecule has 0 aromatic rings. The lowest BCUT2D eigenvalue weighted by Gasteiger charge is -2.40. The number of rotatable bonds is 2. The maximum absolute atomic E-state index is 11.5. The number of hydrogen-bond acceptors (Lipinski definition) is 2. The van der Waals surface area contributed by atoms with Gasteiger partial charge in [0.05, 0.1) is 0 Å². The van der Waals surface area contributed by atoms with Gasteiger partial charge in [-0.2, -0.15) is 0 Å². The van der Waals surface area contributed by atoms with Crippen LogP contribution in [0.25, 0.3) is 0 Å². The number of ketones is 1. The second-order valence-corrected chi connectivity index (χ2v) is 4.37. The molecule has 0 aromatic carbocycles. The molecule has 0 N–H and O–H groups in total. The third kappa shape index (κ3) is 2.11. The minimum atomic E-state index is -0.0105. The van der Waals surface area contributed by atoms with E-state index in [2.05, 4.69) is 13.8 Å². The van der Waals surface area contributed by atoms with Crippen molar-refractivity contribution >= 4 is 5.78 Å². The Morgan fingerprint density at radius 3 is 2.69 bits per heavy atom. The Bertz CT molecular complexity index is 196. The topological polar surface area (TPSA) is 26.3 Å². The summed E-state index contributed by atoms with van der Waals surface area (Å²) in [6.45, 7) is 8.89. The summed E-state index contributed by atoms with van der Waals surface area (Å²) in [7, 11) is 0. The number of Topliss-reactive ketones (excluding diaryl/α,β-unsaturated/α-hetero) is 1. The first-order valence-corrected chi connectivity index (χ1v) is 5.02. The molecular formula is C11H19O2. The Labute approximate surface area is 80.7 Å². The molecule has 0 heterocycles. The summed E-state index contributed by atoms with van der Waals surface area (Å²) in [6, 6.07) is 0. The van der Waals surface area contributed by atoms with Crippen molar-refractivity contribution in [3.05, 3.63) is 6.10 Å². The lowest BCUT2D eigenvalue weighted by Crippen LogP contribution is -2.38. The number of ether oxygens (including phenoxy) is 1. The van der Waals surface area contributed by atoms with Crippen LogP contribution in [0.15, 0.2) is 0 Å². The van der Waals surface area contributed by atoms with Crippen LogP contribution < -0.4 is 0 Å². The van der Waals surface area contributed by atoms with Crippen molar-refractivity contribution in [2.45, 2.75) is 40.5 Å². The van der Waals surface area contributed by atoms with Gasteiger partial charge in [-0.3, -0.25) is 4.79 Å². The zero-order valence-corrected chi connectivity index (χ0v) is 9.02. The molecule has 0 amide bonds. The van der Waals surface area contributed by atoms with Crippen molar-refractivity contribution < 1.29 is 9.53 Å². The summed E-state index contributed by atoms with van der Waals surface area (Å²) in [5, 5.41) is 0. The highest BCUT2D eigenvalue weighted by molar-refractivity contribution is 5.83. The summed E-state index contributed by atoms with van der Waals surface area (Å²) in [5.74, 6) is 0.312. The van der Waals surface area contributed by atoms with Crippen LogP contribution in [0, 0.1) is 17.4 Å². The SMILES string of the molecule is CCO[C]1C(C)C(=O)CCC1(C)C. The standard InChI is InChI=1S/C11H19O2/c1-5-13-10-8(2)9(12)6-7-11(10,3)4/h8H,5-7H2,1-4H3. The van der Waals surface area contributed by atoms with Gasteiger partial charge in [-0.25, -0.2) is 0 Å². The van der Waals surface area contributed by atoms with E-state index in [9.17, 15) is 4.79 Å². The molecule has 1 fully saturated rings. The Morgan fingerprint density at radius 1 is 1.54 bits per heavy atom. The van der Waals surface area contributed by atoms with Gasteiger partial charge in [-0.15, -0.1) is 0 Å². The van der Waals surface area contributed by atoms with E-state index in [-0.39, 0.29) is 11.3 Å². The molecule has 2 heteroatoms. The van der Waals surface area contributed by atoms with Crippen LogP contribution in [-0.2, 0) is 9.53 Å². The van der Waals surface area contributed by atoms with Crippen molar-refractivity contribution in [3.63, 3.8) is 0 Å². The van der Waals surface area contributed by atoms with E-state index in [4.69, 9.17) is 4.74 Å². The Hall–Kier alpha value is -0.370. The molecule has 75 valence electrons. The fraction of sp³-hybridized carbons (Fsp3) is 0.818. The second-order valence-electron chi connectivity index (χ2n) is 4.37. The maximum Gasteiger partial charge on any atom is 0.138 e. The van der Waals surface area contributed by atoms with Crippen molar-refractivity contribution in [1.82, 2.24) is 0 Å². The quantitative estimate of drug-likeness (QED) is 0.657. The molecule has 1 saturated carbocycles. The fourth-order valence-corrected chi connectivity index (χ4v) is 1.98. The molecule has 1 aliphatic carbocycles. The van der Waals surface area contributed by atoms with Crippen LogP contribution in [0.5, 0.6) is 0 Å². The summed E-state index contributed by atoms with van der Waals surface area (Å²) < 4.78 is 5.58. The molecule has 1 rings (SSSR count). The van der Waals surface area contributed by atoms with Crippen molar-refractivity contribution in [1.29, 1.82) is 0 Å². The summed E-state index contributed by atoms with van der Waals surface area (Å²) in [5.41, 5.74) is 0.0728. The first-order chi connectivity index (χ1) is 5.99. The molecule has 13 heavy (non-hydrogen) atoms. The van der Waals surface area contributed by atoms with Crippen LogP contribution in [0.4, 0.5) is 0 Å². The predicted molar refractivity (Wildman–Crippen MR) is 52.1 cm³/mol. The van der Waals surface area contributed by atoms with E-state index >= 15 is 0 Å². The molecule has 2 nitrogen and oxygen atoms in total. The van der Waals surface area contributed by atoms with Gasteiger partial charge in [0, 0.05) is 18.9 Å². The molecule has 1 atom stereocenters. The molecule has 0 aliphatic heterocycles. The predicted octanol–water partition coefficient (Wildman–Crippen LogP) is 2.58. The lowest BCUT2D eigenvalue weighted by atomic mass is 9.69. The van der Waals surface area contributed by atoms with Gasteiger partial charge in [0.2, 0.25) is 0 Å². The molecule has 0 saturated heterocycles. The van der Waals surface area contributed by atoms with E-state index in [1.54, 1.807) is 0 Å². The van der Waals surface area contributed by atoms with Crippen molar-refractivity contribution in [2.75, 3.05) is 6.61 Å². The van der Waals surface area contributed by atoms with Gasteiger partial charge in [0.25, 0.3) is 0 Å². The largest absolute Gasteiger partial charge is 0.371 e. The Balaban J connectivity index is 2.75. The normalized spacial score (nSPS) is 29.2. The van der Waals surface area contributed by atoms with Crippen molar-refractivity contribution in [3.8, 4) is 0 Å². The van der Waals surface area contributed by atoms with Gasteiger partial charge in [0.15, 0.2) is 0 Å². The van der Waals surface area contributed by atoms with Gasteiger partial charge in [-0.05, 0) is 18.8 Å². The summed E-state index contributed by atoms with van der Waals surface area (Å²) in [4.78, 5) is 11.5. The average Bonchev–Trinajstić information content (AvgIpc) is 2.07. The fourth-order valence-electron chi connectivity index (χ4n) is 1.98. The van der Waals surface area contributed by atoms with Gasteiger partial charge in [0.1, 0.15) is 11.9 Å². The van der Waals surface area contributed by atoms with E-state index in [0.29, 0.717) is 18.8 Å². The highest BCUT2D eigenvalue weighted by Gasteiger charge is 2.42. The van der Waals surface area contributed by atoms with Gasteiger partial charge in [-0.1, -0.05) is 20.8 Å². The highest BCUT2D eigenvalue weighted by atomic mass is 16.5. The first kappa shape index (κ1) is 10.7. The third-order valence-electron chi connectivity index (χ3n) is 2.84. The smallest absolute Gasteiger partial charge is 0.138 e. The van der Waals surface area contributed by atoms with Gasteiger partial charge < -0.3 is 4.74 Å². The van der Waals surface area contributed by atoms with E-state index in [0.717, 1.165) is 12.5 Å². The minimum absolute atomic E-state index is 0.0105. The molecule has 0 aromatic heterocycles. The molecule has 0 spiro atoms. The van der Waals surface area contributed by atoms with Gasteiger partial charge >= 0.3 is 0 Å². The lowest BCUT2D eigenvalue weighted by molar-refractivity contribution is -0.129. The minimum Gasteiger partial charge on any atom is -0.371 e. The van der Waals surface area contributed by atoms with E-state index < -0.39 is 0 Å². The number of hydrogen-bond donors (Lipinski definition) is 0. The second kappa shape index (κ2) is 3.79. The van der Waals surface area contributed by atoms with Crippen LogP contribution >= 0.6 is 0 Å². The highest BCUT2D eigenvalue weighted by Crippen LogP contribution is 2.44. The molecule has 0 bridgehead atoms. The van der Waals surface area contributed by atoms with Crippen LogP contribution in [0.3, 0.4) is 0 Å². The summed E-state index contributed by atoms with van der Waals surface area (Å²) >= 11 is 0. The maximum atomic E-state index is 11.5. The van der Waals surface area contributed by atoms with Crippen molar-refractivity contribution in [2.24, 2.45) is 11.3 Å². The Kier molecular flexibility index (Phi) is 3.12. The first-order valence-electron chi connectivity index (χ1n) is 5.02. The molecule has 1 aliphatic rings. The van der Waals surface area contributed by atoms with Crippen LogP contribution in [0.1, 0.15) is 40.5 Å². The molecule has 1 radical (unpaired) electrons.